The van der Waals surface area contributed by atoms with Crippen LogP contribution in [0.5, 0.6) is 0 Å². The standard InChI is InChI=1S/C15H14ClN5S/c16-13-5-6-14(18-17-13)20-7-9-21(10-8-20)15-11-3-1-2-4-12(11)22-19-15/h1-6H,7-10H2. The van der Waals surface area contributed by atoms with Crippen molar-refractivity contribution in [2.75, 3.05) is 36.0 Å². The summed E-state index contributed by atoms with van der Waals surface area (Å²) in [7, 11) is 0. The zero-order valence-corrected chi connectivity index (χ0v) is 13.4. The Balaban J connectivity index is 1.51. The molecule has 1 aliphatic rings. The smallest absolute Gasteiger partial charge is 0.151 e. The van der Waals surface area contributed by atoms with Crippen LogP contribution in [0.4, 0.5) is 11.6 Å². The molecule has 1 saturated heterocycles. The van der Waals surface area contributed by atoms with E-state index >= 15 is 0 Å². The average Bonchev–Trinajstić information content (AvgIpc) is 3.00. The molecule has 5 nitrogen and oxygen atoms in total. The number of nitrogens with zero attached hydrogens (tertiary/aromatic N) is 5. The van der Waals surface area contributed by atoms with E-state index in [4.69, 9.17) is 11.6 Å². The van der Waals surface area contributed by atoms with Crippen LogP contribution < -0.4 is 9.80 Å². The van der Waals surface area contributed by atoms with Gasteiger partial charge in [-0.15, -0.1) is 10.2 Å². The number of hydrogen-bond donors (Lipinski definition) is 0. The van der Waals surface area contributed by atoms with Crippen LogP contribution >= 0.6 is 23.1 Å². The Morgan fingerprint density at radius 2 is 1.68 bits per heavy atom. The number of aromatic nitrogens is 3. The van der Waals surface area contributed by atoms with E-state index in [2.05, 4.69) is 48.6 Å². The van der Waals surface area contributed by atoms with Gasteiger partial charge in [0, 0.05) is 31.6 Å². The van der Waals surface area contributed by atoms with E-state index in [-0.39, 0.29) is 0 Å². The van der Waals surface area contributed by atoms with Crippen LogP contribution in [0.25, 0.3) is 10.1 Å². The number of piperazine rings is 1. The summed E-state index contributed by atoms with van der Waals surface area (Å²) in [5.41, 5.74) is 0. The van der Waals surface area contributed by atoms with Crippen LogP contribution in [0.2, 0.25) is 5.15 Å². The topological polar surface area (TPSA) is 45.2 Å². The van der Waals surface area contributed by atoms with Crippen molar-refractivity contribution in [3.05, 3.63) is 41.6 Å². The SMILES string of the molecule is Clc1ccc(N2CCN(c3nsc4ccccc34)CC2)nn1. The van der Waals surface area contributed by atoms with Crippen molar-refractivity contribution >= 4 is 44.9 Å². The Morgan fingerprint density at radius 3 is 2.45 bits per heavy atom. The summed E-state index contributed by atoms with van der Waals surface area (Å²) < 4.78 is 5.87. The lowest BCUT2D eigenvalue weighted by Gasteiger charge is -2.35. The molecule has 1 aromatic carbocycles. The lowest BCUT2D eigenvalue weighted by Crippen LogP contribution is -2.47. The first-order valence-electron chi connectivity index (χ1n) is 7.15. The van der Waals surface area contributed by atoms with E-state index in [1.165, 1.54) is 10.1 Å². The zero-order valence-electron chi connectivity index (χ0n) is 11.8. The highest BCUT2D eigenvalue weighted by Crippen LogP contribution is 2.30. The normalized spacial score (nSPS) is 15.5. The minimum Gasteiger partial charge on any atom is -0.352 e. The zero-order chi connectivity index (χ0) is 14.9. The lowest BCUT2D eigenvalue weighted by molar-refractivity contribution is 0.641. The molecule has 0 atom stereocenters. The van der Waals surface area contributed by atoms with E-state index in [0.717, 1.165) is 37.8 Å². The molecule has 1 aliphatic heterocycles. The van der Waals surface area contributed by atoms with Crippen LogP contribution in [0.1, 0.15) is 0 Å². The van der Waals surface area contributed by atoms with Gasteiger partial charge in [-0.3, -0.25) is 0 Å². The molecule has 0 bridgehead atoms. The summed E-state index contributed by atoms with van der Waals surface area (Å²) in [6.45, 7) is 3.67. The van der Waals surface area contributed by atoms with E-state index in [1.807, 2.05) is 6.07 Å². The number of halogens is 1. The fourth-order valence-corrected chi connectivity index (χ4v) is 3.62. The van der Waals surface area contributed by atoms with Gasteiger partial charge in [-0.1, -0.05) is 23.7 Å². The molecule has 112 valence electrons. The first kappa shape index (κ1) is 13.7. The quantitative estimate of drug-likeness (QED) is 0.722. The maximum Gasteiger partial charge on any atom is 0.151 e. The highest BCUT2D eigenvalue weighted by molar-refractivity contribution is 7.13. The monoisotopic (exact) mass is 331 g/mol. The van der Waals surface area contributed by atoms with Crippen molar-refractivity contribution in [1.82, 2.24) is 14.6 Å². The largest absolute Gasteiger partial charge is 0.352 e. The fourth-order valence-electron chi connectivity index (χ4n) is 2.73. The summed E-state index contributed by atoms with van der Waals surface area (Å²) in [5.74, 6) is 1.98. The summed E-state index contributed by atoms with van der Waals surface area (Å²) in [5, 5.41) is 9.74. The van der Waals surface area contributed by atoms with Gasteiger partial charge in [0.05, 0.1) is 4.70 Å². The van der Waals surface area contributed by atoms with E-state index in [1.54, 1.807) is 17.6 Å². The third-order valence-corrected chi connectivity index (χ3v) is 4.90. The van der Waals surface area contributed by atoms with Gasteiger partial charge in [0.1, 0.15) is 5.82 Å². The molecule has 1 fully saturated rings. The van der Waals surface area contributed by atoms with Crippen LogP contribution in [0.15, 0.2) is 36.4 Å². The predicted molar refractivity (Wildman–Crippen MR) is 91.1 cm³/mol. The van der Waals surface area contributed by atoms with E-state index in [9.17, 15) is 0 Å². The van der Waals surface area contributed by atoms with Crippen LogP contribution in [-0.2, 0) is 0 Å². The number of benzene rings is 1. The fraction of sp³-hybridized carbons (Fsp3) is 0.267. The Bertz CT molecular complexity index is 780. The summed E-state index contributed by atoms with van der Waals surface area (Å²) in [4.78, 5) is 4.58. The summed E-state index contributed by atoms with van der Waals surface area (Å²) in [6.07, 6.45) is 0. The summed E-state index contributed by atoms with van der Waals surface area (Å²) in [6, 6.07) is 12.1. The van der Waals surface area contributed by atoms with Crippen molar-refractivity contribution in [2.24, 2.45) is 0 Å². The van der Waals surface area contributed by atoms with Crippen molar-refractivity contribution in [3.63, 3.8) is 0 Å². The predicted octanol–water partition coefficient (Wildman–Crippen LogP) is 3.07. The van der Waals surface area contributed by atoms with Crippen LogP contribution in [0.3, 0.4) is 0 Å². The molecule has 0 amide bonds. The van der Waals surface area contributed by atoms with Crippen molar-refractivity contribution in [2.45, 2.75) is 0 Å². The Hall–Kier alpha value is -1.92. The molecule has 7 heteroatoms. The van der Waals surface area contributed by atoms with Gasteiger partial charge in [-0.05, 0) is 35.8 Å². The Kier molecular flexibility index (Phi) is 3.56. The van der Waals surface area contributed by atoms with Crippen LogP contribution in [0, 0.1) is 0 Å². The van der Waals surface area contributed by atoms with Crippen molar-refractivity contribution in [1.29, 1.82) is 0 Å². The molecule has 0 spiro atoms. The average molecular weight is 332 g/mol. The molecule has 0 aliphatic carbocycles. The van der Waals surface area contributed by atoms with Crippen LogP contribution in [-0.4, -0.2) is 40.7 Å². The number of anilines is 2. The third-order valence-electron chi connectivity index (χ3n) is 3.88. The van der Waals surface area contributed by atoms with E-state index < -0.39 is 0 Å². The van der Waals surface area contributed by atoms with Crippen molar-refractivity contribution < 1.29 is 0 Å². The van der Waals surface area contributed by atoms with Crippen molar-refractivity contribution in [3.8, 4) is 0 Å². The number of hydrogen-bond acceptors (Lipinski definition) is 6. The van der Waals surface area contributed by atoms with Gasteiger partial charge in [0.2, 0.25) is 0 Å². The maximum atomic E-state index is 5.79. The molecular formula is C15H14ClN5S. The second-order valence-electron chi connectivity index (χ2n) is 5.19. The minimum atomic E-state index is 0.427. The molecule has 2 aromatic heterocycles. The molecule has 0 saturated carbocycles. The molecule has 0 radical (unpaired) electrons. The molecule has 22 heavy (non-hydrogen) atoms. The minimum absolute atomic E-state index is 0.427. The number of rotatable bonds is 2. The van der Waals surface area contributed by atoms with Gasteiger partial charge in [0.25, 0.3) is 0 Å². The Morgan fingerprint density at radius 1 is 0.909 bits per heavy atom. The summed E-state index contributed by atoms with van der Waals surface area (Å²) >= 11 is 7.35. The molecule has 4 rings (SSSR count). The van der Waals surface area contributed by atoms with E-state index in [0.29, 0.717) is 5.15 Å². The molecule has 3 heterocycles. The second-order valence-corrected chi connectivity index (χ2v) is 6.38. The molecule has 0 unspecified atom stereocenters. The maximum absolute atomic E-state index is 5.79. The second kappa shape index (κ2) is 5.70. The number of fused-ring (bicyclic) bond motifs is 1. The lowest BCUT2D eigenvalue weighted by atomic mass is 10.2. The highest BCUT2D eigenvalue weighted by Gasteiger charge is 2.21. The molecular weight excluding hydrogens is 318 g/mol. The van der Waals surface area contributed by atoms with Gasteiger partial charge in [-0.2, -0.15) is 4.37 Å². The highest BCUT2D eigenvalue weighted by atomic mass is 35.5. The molecule has 3 aromatic rings. The molecule has 0 N–H and O–H groups in total. The Labute approximate surface area is 137 Å². The third kappa shape index (κ3) is 2.48. The van der Waals surface area contributed by atoms with Gasteiger partial charge in [-0.25, -0.2) is 0 Å². The van der Waals surface area contributed by atoms with Gasteiger partial charge in [0.15, 0.2) is 11.0 Å². The first-order chi connectivity index (χ1) is 10.8. The first-order valence-corrected chi connectivity index (χ1v) is 8.30. The van der Waals surface area contributed by atoms with Gasteiger partial charge >= 0.3 is 0 Å². The van der Waals surface area contributed by atoms with Gasteiger partial charge < -0.3 is 9.80 Å².